The Morgan fingerprint density at radius 3 is 2.66 bits per heavy atom. The number of aliphatic carboxylic acids is 1. The highest BCUT2D eigenvalue weighted by Gasteiger charge is 2.41. The number of ether oxygens (including phenoxy) is 1. The number of aromatic nitrogens is 2. The van der Waals surface area contributed by atoms with Gasteiger partial charge in [0.2, 0.25) is 11.8 Å². The number of hydrogen-bond donors (Lipinski definition) is 6. The first kappa shape index (κ1) is 27.5. The van der Waals surface area contributed by atoms with Crippen LogP contribution in [0.1, 0.15) is 29.5 Å². The van der Waals surface area contributed by atoms with E-state index in [1.165, 1.54) is 6.07 Å². The molecule has 0 radical (unpaired) electrons. The van der Waals surface area contributed by atoms with E-state index in [-0.39, 0.29) is 19.4 Å². The average Bonchev–Trinajstić information content (AvgIpc) is 3.28. The number of hydrogen-bond acceptors (Lipinski definition) is 8. The largest absolute Gasteiger partial charge is 0.481 e. The first-order valence-corrected chi connectivity index (χ1v) is 11.5. The third kappa shape index (κ3) is 6.97. The summed E-state index contributed by atoms with van der Waals surface area (Å²) in [5.74, 6) is -2.16. The number of nitrogens with zero attached hydrogens (tertiary/aromatic N) is 2. The summed E-state index contributed by atoms with van der Waals surface area (Å²) >= 11 is 0. The number of nitrogen functional groups attached to an aromatic ring is 1. The molecular formula is C25H27N7O6. The minimum atomic E-state index is -1.77. The lowest BCUT2D eigenvalue weighted by atomic mass is 9.84. The van der Waals surface area contributed by atoms with E-state index in [0.29, 0.717) is 22.3 Å². The van der Waals surface area contributed by atoms with Crippen molar-refractivity contribution >= 4 is 40.6 Å². The van der Waals surface area contributed by atoms with Crippen LogP contribution in [0, 0.1) is 11.3 Å². The number of alkyl carbamates (subject to hydrolysis) is 1. The van der Waals surface area contributed by atoms with E-state index in [1.807, 2.05) is 6.07 Å². The summed E-state index contributed by atoms with van der Waals surface area (Å²) in [7, 11) is 1.10. The van der Waals surface area contributed by atoms with Gasteiger partial charge in [-0.25, -0.2) is 4.79 Å². The van der Waals surface area contributed by atoms with E-state index in [9.17, 15) is 29.5 Å². The maximum Gasteiger partial charge on any atom is 0.407 e. The molecular weight excluding hydrogens is 494 g/mol. The lowest BCUT2D eigenvalue weighted by molar-refractivity contribution is -0.138. The van der Waals surface area contributed by atoms with Gasteiger partial charge in [-0.15, -0.1) is 0 Å². The molecule has 38 heavy (non-hydrogen) atoms. The summed E-state index contributed by atoms with van der Waals surface area (Å²) in [5, 5.41) is 33.5. The van der Waals surface area contributed by atoms with Crippen LogP contribution in [-0.4, -0.2) is 58.4 Å². The maximum absolute atomic E-state index is 13.4. The van der Waals surface area contributed by atoms with Crippen molar-refractivity contribution in [2.24, 2.45) is 0 Å². The number of carbonyl (C=O) groups is 4. The Hall–Kier alpha value is -5.12. The first-order valence-electron chi connectivity index (χ1n) is 11.5. The number of nitrogens with one attached hydrogen (secondary N) is 4. The fourth-order valence-corrected chi connectivity index (χ4v) is 3.90. The second-order valence-electron chi connectivity index (χ2n) is 8.53. The fourth-order valence-electron chi connectivity index (χ4n) is 3.90. The van der Waals surface area contributed by atoms with Crippen LogP contribution in [0.2, 0.25) is 0 Å². The van der Waals surface area contributed by atoms with E-state index >= 15 is 0 Å². The van der Waals surface area contributed by atoms with Crippen molar-refractivity contribution in [1.82, 2.24) is 26.1 Å². The number of methoxy groups -OCH3 is 1. The summed E-state index contributed by atoms with van der Waals surface area (Å²) in [5.41, 5.74) is 6.37. The second-order valence-corrected chi connectivity index (χ2v) is 8.53. The van der Waals surface area contributed by atoms with Crippen LogP contribution in [0.25, 0.3) is 10.9 Å². The van der Waals surface area contributed by atoms with Crippen molar-refractivity contribution in [3.8, 4) is 6.07 Å². The number of anilines is 1. The Morgan fingerprint density at radius 1 is 1.16 bits per heavy atom. The summed E-state index contributed by atoms with van der Waals surface area (Å²) in [6, 6.07) is 13.7. The van der Waals surface area contributed by atoms with Crippen LogP contribution in [0.4, 0.5) is 10.6 Å². The molecule has 13 heteroatoms. The van der Waals surface area contributed by atoms with E-state index < -0.39 is 42.4 Å². The van der Waals surface area contributed by atoms with Gasteiger partial charge in [0.25, 0.3) is 0 Å². The van der Waals surface area contributed by atoms with Crippen LogP contribution < -0.4 is 21.7 Å². The molecule has 13 nitrogen and oxygen atoms in total. The molecule has 2 aromatic carbocycles. The number of nitrogens with two attached hydrogens (primary N) is 1. The van der Waals surface area contributed by atoms with Gasteiger partial charge < -0.3 is 31.5 Å². The Morgan fingerprint density at radius 2 is 1.95 bits per heavy atom. The summed E-state index contributed by atoms with van der Waals surface area (Å²) < 4.78 is 4.67. The Kier molecular flexibility index (Phi) is 8.83. The van der Waals surface area contributed by atoms with Crippen molar-refractivity contribution in [1.29, 1.82) is 5.26 Å². The minimum absolute atomic E-state index is 0.148. The molecule has 1 atom stereocenters. The van der Waals surface area contributed by atoms with Crippen molar-refractivity contribution in [3.05, 3.63) is 59.2 Å². The number of carboxylic acid groups (broad SMARTS) is 1. The molecule has 0 aliphatic rings. The molecule has 198 valence electrons. The number of fused-ring (bicyclic) bond motifs is 1. The Labute approximate surface area is 217 Å². The highest BCUT2D eigenvalue weighted by molar-refractivity contribution is 5.93. The predicted octanol–water partition coefficient (Wildman–Crippen LogP) is 0.951. The van der Waals surface area contributed by atoms with Gasteiger partial charge in [0, 0.05) is 24.8 Å². The van der Waals surface area contributed by atoms with E-state index in [0.717, 1.165) is 18.2 Å². The molecule has 0 saturated heterocycles. The number of carbonyl (C=O) groups excluding carboxylic acids is 3. The Bertz CT molecular complexity index is 1400. The number of H-pyrrole nitrogens is 1. The number of rotatable bonds is 11. The van der Waals surface area contributed by atoms with Gasteiger partial charge in [-0.05, 0) is 41.8 Å². The SMILES string of the molecule is COC(=O)N[C@@](CCC(=O)O)(Cc1cccc(C#N)c1)C(=O)NCC(=O)NCc1ccc2[nH]nc(N)c2c1. The lowest BCUT2D eigenvalue weighted by Crippen LogP contribution is -2.61. The van der Waals surface area contributed by atoms with E-state index in [1.54, 1.807) is 36.4 Å². The molecule has 0 unspecified atom stereocenters. The van der Waals surface area contributed by atoms with Crippen molar-refractivity contribution in [2.45, 2.75) is 31.3 Å². The van der Waals surface area contributed by atoms with Gasteiger partial charge >= 0.3 is 12.1 Å². The van der Waals surface area contributed by atoms with Crippen LogP contribution in [-0.2, 0) is 32.1 Å². The molecule has 3 rings (SSSR count). The molecule has 3 aromatic rings. The monoisotopic (exact) mass is 521 g/mol. The van der Waals surface area contributed by atoms with Crippen LogP contribution in [0.3, 0.4) is 0 Å². The lowest BCUT2D eigenvalue weighted by Gasteiger charge is -2.32. The predicted molar refractivity (Wildman–Crippen MR) is 135 cm³/mol. The molecule has 0 bridgehead atoms. The van der Waals surface area contributed by atoms with Gasteiger partial charge in [0.15, 0.2) is 5.82 Å². The third-order valence-electron chi connectivity index (χ3n) is 5.84. The highest BCUT2D eigenvalue weighted by Crippen LogP contribution is 2.22. The zero-order valence-corrected chi connectivity index (χ0v) is 20.5. The number of carboxylic acids is 1. The molecule has 0 spiro atoms. The quantitative estimate of drug-likeness (QED) is 0.212. The minimum Gasteiger partial charge on any atom is -0.481 e. The zero-order valence-electron chi connectivity index (χ0n) is 20.5. The molecule has 0 aliphatic carbocycles. The maximum atomic E-state index is 13.4. The molecule has 1 heterocycles. The van der Waals surface area contributed by atoms with E-state index in [4.69, 9.17) is 5.73 Å². The van der Waals surface area contributed by atoms with Gasteiger partial charge in [-0.2, -0.15) is 10.4 Å². The normalized spacial score (nSPS) is 12.1. The average molecular weight is 522 g/mol. The summed E-state index contributed by atoms with van der Waals surface area (Å²) in [4.78, 5) is 49.4. The highest BCUT2D eigenvalue weighted by atomic mass is 16.5. The molecule has 0 fully saturated rings. The van der Waals surface area contributed by atoms with E-state index in [2.05, 4.69) is 30.9 Å². The Balaban J connectivity index is 1.74. The number of amides is 3. The standard InChI is InChI=1S/C25H27N7O6/c1-38-24(37)30-25(8-7-21(34)35,11-15-3-2-4-16(9-15)12-26)23(36)29-14-20(33)28-13-17-5-6-19-18(10-17)22(27)32-31-19/h2-6,9-10H,7-8,11,13-14H2,1H3,(H,28,33)(H,29,36)(H,30,37)(H,34,35)(H3,27,31,32)/t25-/m0/s1. The van der Waals surface area contributed by atoms with Crippen LogP contribution >= 0.6 is 0 Å². The van der Waals surface area contributed by atoms with Crippen LogP contribution in [0.5, 0.6) is 0 Å². The van der Waals surface area contributed by atoms with Crippen molar-refractivity contribution in [2.75, 3.05) is 19.4 Å². The number of nitriles is 1. The third-order valence-corrected chi connectivity index (χ3v) is 5.84. The molecule has 0 aliphatic heterocycles. The van der Waals surface area contributed by atoms with Crippen molar-refractivity contribution in [3.63, 3.8) is 0 Å². The van der Waals surface area contributed by atoms with Gasteiger partial charge in [0.1, 0.15) is 5.54 Å². The fraction of sp³-hybridized carbons (Fsp3) is 0.280. The van der Waals surface area contributed by atoms with Crippen molar-refractivity contribution < 1.29 is 29.0 Å². The summed E-state index contributed by atoms with van der Waals surface area (Å²) in [6.45, 7) is -0.286. The zero-order chi connectivity index (χ0) is 27.7. The number of aromatic amines is 1. The smallest absolute Gasteiger partial charge is 0.407 e. The van der Waals surface area contributed by atoms with Gasteiger partial charge in [0.05, 0.1) is 30.8 Å². The molecule has 7 N–H and O–H groups in total. The molecule has 0 saturated carbocycles. The first-order chi connectivity index (χ1) is 18.2. The number of benzene rings is 2. The van der Waals surface area contributed by atoms with Gasteiger partial charge in [-0.3, -0.25) is 19.5 Å². The molecule has 1 aromatic heterocycles. The topological polar surface area (TPSA) is 212 Å². The second kappa shape index (κ2) is 12.2. The van der Waals surface area contributed by atoms with Gasteiger partial charge in [-0.1, -0.05) is 18.2 Å². The molecule has 3 amide bonds. The summed E-state index contributed by atoms with van der Waals surface area (Å²) in [6.07, 6.45) is -1.86. The van der Waals surface area contributed by atoms with Crippen LogP contribution in [0.15, 0.2) is 42.5 Å².